The van der Waals surface area contributed by atoms with E-state index in [9.17, 15) is 0 Å². The lowest BCUT2D eigenvalue weighted by Crippen LogP contribution is -2.38. The first-order valence-corrected chi connectivity index (χ1v) is 6.68. The van der Waals surface area contributed by atoms with Crippen LogP contribution >= 0.6 is 0 Å². The van der Waals surface area contributed by atoms with Crippen LogP contribution in [0.3, 0.4) is 0 Å². The fourth-order valence-electron chi connectivity index (χ4n) is 1.39. The molecule has 1 radical (unpaired) electrons. The van der Waals surface area contributed by atoms with Gasteiger partial charge in [0, 0.05) is 6.10 Å². The third-order valence-electron chi connectivity index (χ3n) is 1.95. The molecule has 0 aliphatic heterocycles. The van der Waals surface area contributed by atoms with Gasteiger partial charge in [-0.2, -0.15) is 0 Å². The summed E-state index contributed by atoms with van der Waals surface area (Å²) in [5.74, 6) is 0. The summed E-state index contributed by atoms with van der Waals surface area (Å²) >= 11 is 0. The first kappa shape index (κ1) is 11.5. The highest BCUT2D eigenvalue weighted by molar-refractivity contribution is 6.68. The number of hydrogen-bond donors (Lipinski definition) is 0. The van der Waals surface area contributed by atoms with Gasteiger partial charge in [0.05, 0.1) is 0 Å². The molecule has 1 nitrogen and oxygen atoms in total. The Morgan fingerprint density at radius 3 is 2.00 bits per heavy atom. The molecule has 2 heteroatoms. The summed E-state index contributed by atoms with van der Waals surface area (Å²) in [6.07, 6.45) is 0.325. The van der Waals surface area contributed by atoms with Gasteiger partial charge in [-0.25, -0.2) is 0 Å². The van der Waals surface area contributed by atoms with Crippen molar-refractivity contribution in [2.24, 2.45) is 0 Å². The minimum absolute atomic E-state index is 0.325. The lowest BCUT2D eigenvalue weighted by atomic mass is 10.4. The predicted molar refractivity (Wildman–Crippen MR) is 63.1 cm³/mol. The zero-order valence-electron chi connectivity index (χ0n) is 9.45. The molecule has 0 aromatic heterocycles. The van der Waals surface area contributed by atoms with Crippen molar-refractivity contribution in [3.8, 4) is 0 Å². The third kappa shape index (κ3) is 3.27. The van der Waals surface area contributed by atoms with Crippen LogP contribution < -0.4 is 5.19 Å². The van der Waals surface area contributed by atoms with Crippen LogP contribution in [-0.4, -0.2) is 15.1 Å². The molecule has 1 rings (SSSR count). The first-order valence-electron chi connectivity index (χ1n) is 5.20. The van der Waals surface area contributed by atoms with Crippen LogP contribution in [0.25, 0.3) is 0 Å². The van der Waals surface area contributed by atoms with Gasteiger partial charge in [-0.1, -0.05) is 44.2 Å². The van der Waals surface area contributed by atoms with E-state index in [-0.39, 0.29) is 0 Å². The smallest absolute Gasteiger partial charge is 0.249 e. The summed E-state index contributed by atoms with van der Waals surface area (Å²) in [6, 6.07) is 10.6. The van der Waals surface area contributed by atoms with Crippen LogP contribution in [0.5, 0.6) is 0 Å². The van der Waals surface area contributed by atoms with Crippen molar-refractivity contribution in [1.82, 2.24) is 0 Å². The summed E-state index contributed by atoms with van der Waals surface area (Å²) in [5.41, 5.74) is 0.616. The van der Waals surface area contributed by atoms with Crippen molar-refractivity contribution in [2.45, 2.75) is 39.3 Å². The minimum Gasteiger partial charge on any atom is -0.409 e. The summed E-state index contributed by atoms with van der Waals surface area (Å²) in [5, 5.41) is 1.38. The Balaban J connectivity index is 2.78. The van der Waals surface area contributed by atoms with Crippen molar-refractivity contribution in [1.29, 1.82) is 0 Å². The molecule has 0 aliphatic carbocycles. The Morgan fingerprint density at radius 1 is 1.00 bits per heavy atom. The molecule has 0 aliphatic rings. The summed E-state index contributed by atoms with van der Waals surface area (Å²) in [6.45, 7) is 8.69. The Bertz CT molecular complexity index is 256. The summed E-state index contributed by atoms with van der Waals surface area (Å²) in [7, 11) is -0.839. The molecular weight excluding hydrogens is 188 g/mol. The van der Waals surface area contributed by atoms with E-state index < -0.39 is 9.04 Å². The molecule has 77 valence electrons. The van der Waals surface area contributed by atoms with E-state index in [1.807, 2.05) is 0 Å². The average Bonchev–Trinajstić information content (AvgIpc) is 2.15. The van der Waals surface area contributed by atoms with E-state index in [2.05, 4.69) is 58.0 Å². The van der Waals surface area contributed by atoms with Crippen molar-refractivity contribution >= 4 is 14.2 Å². The van der Waals surface area contributed by atoms with Gasteiger partial charge >= 0.3 is 0 Å². The lowest BCUT2D eigenvalue weighted by Gasteiger charge is -2.21. The fraction of sp³-hybridized carbons (Fsp3) is 0.500. The molecule has 0 bridgehead atoms. The minimum atomic E-state index is -0.839. The maximum atomic E-state index is 6.00. The van der Waals surface area contributed by atoms with Gasteiger partial charge in [-0.15, -0.1) is 0 Å². The second kappa shape index (κ2) is 5.32. The second-order valence-electron chi connectivity index (χ2n) is 4.05. The number of benzene rings is 1. The molecule has 0 heterocycles. The molecule has 1 aromatic carbocycles. The van der Waals surface area contributed by atoms with Crippen LogP contribution in [0.4, 0.5) is 0 Å². The predicted octanol–water partition coefficient (Wildman–Crippen LogP) is 2.72. The van der Waals surface area contributed by atoms with Crippen molar-refractivity contribution in [2.75, 3.05) is 0 Å². The molecule has 0 N–H and O–H groups in total. The topological polar surface area (TPSA) is 9.23 Å². The zero-order chi connectivity index (χ0) is 10.6. The van der Waals surface area contributed by atoms with Crippen molar-refractivity contribution < 1.29 is 4.43 Å². The Labute approximate surface area is 88.8 Å². The highest BCUT2D eigenvalue weighted by Crippen LogP contribution is 2.10. The highest BCUT2D eigenvalue weighted by atomic mass is 28.3. The van der Waals surface area contributed by atoms with Gasteiger partial charge in [0.2, 0.25) is 9.04 Å². The van der Waals surface area contributed by atoms with Gasteiger partial charge in [0.1, 0.15) is 0 Å². The maximum Gasteiger partial charge on any atom is 0.249 e. The molecule has 0 amide bonds. The van der Waals surface area contributed by atoms with E-state index in [1.54, 1.807) is 0 Å². The van der Waals surface area contributed by atoms with Gasteiger partial charge in [0.25, 0.3) is 0 Å². The fourth-order valence-corrected chi connectivity index (χ4v) is 3.50. The molecule has 0 saturated carbocycles. The lowest BCUT2D eigenvalue weighted by molar-refractivity contribution is 0.244. The molecule has 0 unspecified atom stereocenters. The highest BCUT2D eigenvalue weighted by Gasteiger charge is 2.21. The first-order chi connectivity index (χ1) is 6.61. The molecule has 0 fully saturated rings. The van der Waals surface area contributed by atoms with Gasteiger partial charge in [0.15, 0.2) is 0 Å². The average molecular weight is 207 g/mol. The standard InChI is InChI=1S/C12H19OSi/c1-10(2)13-14(11(3)4)12-8-6-5-7-9-12/h5-11H,1-4H3. The van der Waals surface area contributed by atoms with Gasteiger partial charge < -0.3 is 4.43 Å². The third-order valence-corrected chi connectivity index (χ3v) is 4.62. The largest absolute Gasteiger partial charge is 0.409 e. The number of rotatable bonds is 4. The van der Waals surface area contributed by atoms with Gasteiger partial charge in [-0.3, -0.25) is 0 Å². The van der Waals surface area contributed by atoms with Crippen LogP contribution in [0.2, 0.25) is 5.54 Å². The van der Waals surface area contributed by atoms with Crippen LogP contribution in [0.1, 0.15) is 27.7 Å². The molecule has 0 saturated heterocycles. The summed E-state index contributed by atoms with van der Waals surface area (Å²) < 4.78 is 6.00. The Hall–Kier alpha value is -0.603. The normalized spacial score (nSPS) is 11.6. The van der Waals surface area contributed by atoms with Crippen molar-refractivity contribution in [3.05, 3.63) is 30.3 Å². The number of hydrogen-bond acceptors (Lipinski definition) is 1. The van der Waals surface area contributed by atoms with Gasteiger partial charge in [-0.05, 0) is 24.6 Å². The quantitative estimate of drug-likeness (QED) is 0.690. The molecule has 1 aromatic rings. The molecule has 0 atom stereocenters. The molecule has 0 spiro atoms. The van der Waals surface area contributed by atoms with E-state index >= 15 is 0 Å². The van der Waals surface area contributed by atoms with E-state index in [0.29, 0.717) is 11.6 Å². The van der Waals surface area contributed by atoms with E-state index in [4.69, 9.17) is 4.43 Å². The van der Waals surface area contributed by atoms with Crippen LogP contribution in [0, 0.1) is 0 Å². The van der Waals surface area contributed by atoms with E-state index in [1.165, 1.54) is 5.19 Å². The molecular formula is C12H19OSi. The Kier molecular flexibility index (Phi) is 4.36. The Morgan fingerprint density at radius 2 is 1.57 bits per heavy atom. The van der Waals surface area contributed by atoms with Crippen molar-refractivity contribution in [3.63, 3.8) is 0 Å². The SMILES string of the molecule is CC(C)O[Si](c1ccccc1)C(C)C. The van der Waals surface area contributed by atoms with E-state index in [0.717, 1.165) is 0 Å². The van der Waals surface area contributed by atoms with Crippen LogP contribution in [-0.2, 0) is 4.43 Å². The monoisotopic (exact) mass is 207 g/mol. The zero-order valence-corrected chi connectivity index (χ0v) is 10.4. The second-order valence-corrected chi connectivity index (χ2v) is 6.75. The van der Waals surface area contributed by atoms with Crippen LogP contribution in [0.15, 0.2) is 30.3 Å². The molecule has 14 heavy (non-hydrogen) atoms. The maximum absolute atomic E-state index is 6.00. The summed E-state index contributed by atoms with van der Waals surface area (Å²) in [4.78, 5) is 0.